The number of nitrogens with zero attached hydrogens (tertiary/aromatic N) is 1. The van der Waals surface area contributed by atoms with Crippen LogP contribution in [0.2, 0.25) is 0 Å². The number of benzene rings is 1. The average molecular weight is 464 g/mol. The normalized spacial score (nSPS) is 47.8. The maximum atomic E-state index is 11.0. The van der Waals surface area contributed by atoms with Crippen molar-refractivity contribution < 1.29 is 19.3 Å². The van der Waals surface area contributed by atoms with E-state index in [0.29, 0.717) is 6.04 Å². The van der Waals surface area contributed by atoms with Crippen LogP contribution in [-0.2, 0) is 21.3 Å². The van der Waals surface area contributed by atoms with Gasteiger partial charge in [0.15, 0.2) is 11.5 Å². The minimum absolute atomic E-state index is 0.0279. The second-order valence-corrected chi connectivity index (χ2v) is 13.6. The van der Waals surface area contributed by atoms with Crippen LogP contribution in [-0.4, -0.2) is 53.2 Å². The molecule has 5 aliphatic carbocycles. The van der Waals surface area contributed by atoms with Crippen molar-refractivity contribution in [3.63, 3.8) is 0 Å². The Morgan fingerprint density at radius 3 is 2.74 bits per heavy atom. The van der Waals surface area contributed by atoms with Crippen LogP contribution >= 0.6 is 0 Å². The number of ether oxygens (including phenoxy) is 3. The lowest BCUT2D eigenvalue weighted by Crippen LogP contribution is -2.83. The minimum Gasteiger partial charge on any atom is -0.504 e. The van der Waals surface area contributed by atoms with Crippen molar-refractivity contribution in [2.75, 3.05) is 19.9 Å². The Balaban J connectivity index is 1.39. The first kappa shape index (κ1) is 20.6. The van der Waals surface area contributed by atoms with Gasteiger partial charge in [-0.05, 0) is 68.5 Å². The zero-order chi connectivity index (χ0) is 23.3. The largest absolute Gasteiger partial charge is 0.504 e. The number of phenolic OH excluding ortho intramolecular Hbond substituents is 1. The first-order valence-electron chi connectivity index (χ1n) is 13.4. The summed E-state index contributed by atoms with van der Waals surface area (Å²) in [4.78, 5) is 2.83. The summed E-state index contributed by atoms with van der Waals surface area (Å²) in [7, 11) is 0. The van der Waals surface area contributed by atoms with Gasteiger partial charge in [-0.3, -0.25) is 4.90 Å². The van der Waals surface area contributed by atoms with Crippen LogP contribution in [0.1, 0.15) is 64.5 Å². The van der Waals surface area contributed by atoms with E-state index in [0.717, 1.165) is 37.5 Å². The van der Waals surface area contributed by atoms with Gasteiger partial charge < -0.3 is 19.3 Å². The van der Waals surface area contributed by atoms with Crippen LogP contribution in [0.15, 0.2) is 24.3 Å². The number of aromatic hydroxyl groups is 1. The molecule has 5 nitrogen and oxygen atoms in total. The van der Waals surface area contributed by atoms with Crippen molar-refractivity contribution in [1.29, 1.82) is 0 Å². The van der Waals surface area contributed by atoms with E-state index in [4.69, 9.17) is 14.2 Å². The predicted octanol–water partition coefficient (Wildman–Crippen LogP) is 4.56. The fraction of sp³-hybridized carbons (Fsp3) is 0.724. The van der Waals surface area contributed by atoms with Crippen LogP contribution in [0.3, 0.4) is 0 Å². The van der Waals surface area contributed by atoms with E-state index in [1.165, 1.54) is 30.5 Å². The predicted molar refractivity (Wildman–Crippen MR) is 128 cm³/mol. The molecule has 9 rings (SSSR count). The summed E-state index contributed by atoms with van der Waals surface area (Å²) >= 11 is 0. The van der Waals surface area contributed by atoms with E-state index in [-0.39, 0.29) is 46.4 Å². The summed E-state index contributed by atoms with van der Waals surface area (Å²) in [5, 5.41) is 11.0. The van der Waals surface area contributed by atoms with Crippen LogP contribution in [0.4, 0.5) is 0 Å². The number of phenols is 1. The fourth-order valence-electron chi connectivity index (χ4n) is 9.40. The van der Waals surface area contributed by atoms with Gasteiger partial charge in [0.1, 0.15) is 18.5 Å². The quantitative estimate of drug-likeness (QED) is 0.652. The van der Waals surface area contributed by atoms with Crippen molar-refractivity contribution in [3.8, 4) is 11.5 Å². The monoisotopic (exact) mass is 463 g/mol. The Labute approximate surface area is 202 Å². The van der Waals surface area contributed by atoms with E-state index in [2.05, 4.69) is 50.8 Å². The lowest BCUT2D eigenvalue weighted by atomic mass is 9.35. The molecule has 1 N–H and O–H groups in total. The number of rotatable bonds is 2. The van der Waals surface area contributed by atoms with Crippen LogP contribution in [0, 0.1) is 22.7 Å². The van der Waals surface area contributed by atoms with Crippen LogP contribution in [0.5, 0.6) is 11.5 Å². The molecular weight excluding hydrogens is 426 g/mol. The highest BCUT2D eigenvalue weighted by Crippen LogP contribution is 2.76. The molecular formula is C29H37NO4. The Bertz CT molecular complexity index is 1140. The SMILES string of the molecule is CC(C)(C)[C@@]1(C)OCO[C@]23C=C[C@@]4(CC12)[C@H]1Cc2ccc(O)c5c2[C@@]4(CCN1CC1CC1)[C@H]3O5. The molecule has 2 saturated carbocycles. The highest BCUT2D eigenvalue weighted by molar-refractivity contribution is 5.65. The molecule has 4 bridgehead atoms. The summed E-state index contributed by atoms with van der Waals surface area (Å²) in [6.45, 7) is 11.8. The molecule has 3 aliphatic heterocycles. The van der Waals surface area contributed by atoms with Gasteiger partial charge in [-0.25, -0.2) is 0 Å². The molecule has 3 heterocycles. The smallest absolute Gasteiger partial charge is 0.165 e. The van der Waals surface area contributed by atoms with Crippen LogP contribution < -0.4 is 4.74 Å². The van der Waals surface area contributed by atoms with Crippen molar-refractivity contribution in [2.45, 2.75) is 88.6 Å². The molecule has 3 spiro atoms. The molecule has 0 amide bonds. The molecule has 2 saturated heterocycles. The standard InChI is InChI=1S/C29H37NO4/c1-25(2,3)26(4)20-14-27-9-10-29(20,33-16-32-26)24-28(27)11-12-30(15-17-5-6-17)21(27)13-18-7-8-19(31)23(34-24)22(18)28/h7-10,17,20-21,24,31H,5-6,11-16H2,1-4H3/t20?,21-,24-,26+,27-,28+,29-/m1/s1. The third kappa shape index (κ3) is 2.01. The second-order valence-electron chi connectivity index (χ2n) is 13.6. The first-order chi connectivity index (χ1) is 16.2. The summed E-state index contributed by atoms with van der Waals surface area (Å²) in [5.74, 6) is 2.08. The molecule has 0 radical (unpaired) electrons. The molecule has 0 aromatic heterocycles. The lowest BCUT2D eigenvalue weighted by molar-refractivity contribution is -0.356. The molecule has 1 aromatic carbocycles. The van der Waals surface area contributed by atoms with Crippen molar-refractivity contribution in [1.82, 2.24) is 4.90 Å². The van der Waals surface area contributed by atoms with Crippen molar-refractivity contribution >= 4 is 0 Å². The number of likely N-dealkylation sites (tertiary alicyclic amines) is 1. The summed E-state index contributed by atoms with van der Waals surface area (Å²) in [6.07, 6.45) is 10.7. The molecule has 8 aliphatic rings. The Morgan fingerprint density at radius 2 is 1.97 bits per heavy atom. The zero-order valence-corrected chi connectivity index (χ0v) is 20.9. The average Bonchev–Trinajstić information content (AvgIpc) is 3.53. The Kier molecular flexibility index (Phi) is 3.56. The van der Waals surface area contributed by atoms with Crippen molar-refractivity contribution in [3.05, 3.63) is 35.4 Å². The van der Waals surface area contributed by atoms with E-state index in [9.17, 15) is 5.11 Å². The van der Waals surface area contributed by atoms with Gasteiger partial charge >= 0.3 is 0 Å². The molecule has 4 fully saturated rings. The van der Waals surface area contributed by atoms with Gasteiger partial charge in [0.25, 0.3) is 0 Å². The molecule has 34 heavy (non-hydrogen) atoms. The fourth-order valence-corrected chi connectivity index (χ4v) is 9.40. The van der Waals surface area contributed by atoms with Crippen molar-refractivity contribution in [2.24, 2.45) is 22.7 Å². The molecule has 1 unspecified atom stereocenters. The molecule has 182 valence electrons. The topological polar surface area (TPSA) is 51.2 Å². The molecule has 1 aromatic rings. The van der Waals surface area contributed by atoms with E-state index in [1.807, 2.05) is 6.07 Å². The van der Waals surface area contributed by atoms with Gasteiger partial charge in [0.05, 0.1) is 11.0 Å². The lowest BCUT2D eigenvalue weighted by Gasteiger charge is -2.74. The summed E-state index contributed by atoms with van der Waals surface area (Å²) in [5.41, 5.74) is 1.60. The van der Waals surface area contributed by atoms with Gasteiger partial charge in [0.2, 0.25) is 0 Å². The molecule has 5 heteroatoms. The van der Waals surface area contributed by atoms with E-state index < -0.39 is 5.60 Å². The second kappa shape index (κ2) is 5.87. The third-order valence-electron chi connectivity index (χ3n) is 11.6. The molecule has 7 atom stereocenters. The third-order valence-corrected chi connectivity index (χ3v) is 11.6. The Hall–Kier alpha value is -1.56. The van der Waals surface area contributed by atoms with Crippen LogP contribution in [0.25, 0.3) is 0 Å². The maximum Gasteiger partial charge on any atom is 0.165 e. The van der Waals surface area contributed by atoms with E-state index >= 15 is 0 Å². The summed E-state index contributed by atoms with van der Waals surface area (Å²) < 4.78 is 20.2. The highest BCUT2D eigenvalue weighted by Gasteiger charge is 2.82. The number of piperidine rings is 1. The Morgan fingerprint density at radius 1 is 1.15 bits per heavy atom. The highest BCUT2D eigenvalue weighted by atomic mass is 16.7. The number of hydrogen-bond acceptors (Lipinski definition) is 5. The first-order valence-corrected chi connectivity index (χ1v) is 13.4. The van der Waals surface area contributed by atoms with E-state index in [1.54, 1.807) is 0 Å². The van der Waals surface area contributed by atoms with Gasteiger partial charge in [-0.1, -0.05) is 39.0 Å². The maximum absolute atomic E-state index is 11.0. The number of hydrogen-bond donors (Lipinski definition) is 1. The minimum atomic E-state index is -0.536. The van der Waals surface area contributed by atoms with Gasteiger partial charge in [0, 0.05) is 29.5 Å². The summed E-state index contributed by atoms with van der Waals surface area (Å²) in [6, 6.07) is 4.49. The zero-order valence-electron chi connectivity index (χ0n) is 20.9. The van der Waals surface area contributed by atoms with Gasteiger partial charge in [-0.15, -0.1) is 0 Å². The van der Waals surface area contributed by atoms with Gasteiger partial charge in [-0.2, -0.15) is 0 Å².